The van der Waals surface area contributed by atoms with E-state index in [4.69, 9.17) is 4.74 Å². The van der Waals surface area contributed by atoms with Crippen molar-refractivity contribution in [1.82, 2.24) is 0 Å². The summed E-state index contributed by atoms with van der Waals surface area (Å²) in [6, 6.07) is 18.1. The Morgan fingerprint density at radius 1 is 0.947 bits per heavy atom. The van der Waals surface area contributed by atoms with Gasteiger partial charge in [-0.1, -0.05) is 61.5 Å². The summed E-state index contributed by atoms with van der Waals surface area (Å²) >= 11 is 0. The molecule has 1 atom stereocenters. The van der Waals surface area contributed by atoms with E-state index in [-0.39, 0.29) is 6.61 Å². The van der Waals surface area contributed by atoms with Crippen LogP contribution in [-0.2, 0) is 16.8 Å². The molecule has 0 heterocycles. The van der Waals surface area contributed by atoms with E-state index in [0.717, 1.165) is 17.5 Å². The van der Waals surface area contributed by atoms with Gasteiger partial charge in [0, 0.05) is 7.11 Å². The van der Waals surface area contributed by atoms with E-state index >= 15 is 0 Å². The minimum atomic E-state index is -0.784. The van der Waals surface area contributed by atoms with Crippen LogP contribution in [0.2, 0.25) is 0 Å². The number of aliphatic hydroxyl groups is 1. The Kier molecular flexibility index (Phi) is 4.35. The fourth-order valence-corrected chi connectivity index (χ4v) is 2.37. The fourth-order valence-electron chi connectivity index (χ4n) is 2.37. The van der Waals surface area contributed by atoms with Gasteiger partial charge >= 0.3 is 0 Å². The predicted octanol–water partition coefficient (Wildman–Crippen LogP) is 3.13. The second-order valence-electron chi connectivity index (χ2n) is 4.61. The molecule has 0 aliphatic carbocycles. The first-order valence-corrected chi connectivity index (χ1v) is 6.57. The second-order valence-corrected chi connectivity index (χ2v) is 4.61. The fraction of sp³-hybridized carbons (Fsp3) is 0.294. The molecule has 0 saturated carbocycles. The number of aryl methyl sites for hydroxylation is 1. The van der Waals surface area contributed by atoms with Crippen LogP contribution >= 0.6 is 0 Å². The van der Waals surface area contributed by atoms with Gasteiger partial charge in [-0.25, -0.2) is 0 Å². The topological polar surface area (TPSA) is 29.5 Å². The average Bonchev–Trinajstić information content (AvgIpc) is 2.51. The Labute approximate surface area is 114 Å². The lowest BCUT2D eigenvalue weighted by Gasteiger charge is -2.31. The Hall–Kier alpha value is -1.64. The summed E-state index contributed by atoms with van der Waals surface area (Å²) in [4.78, 5) is 0. The van der Waals surface area contributed by atoms with Crippen molar-refractivity contribution in [2.24, 2.45) is 0 Å². The highest BCUT2D eigenvalue weighted by Gasteiger charge is 2.33. The van der Waals surface area contributed by atoms with Gasteiger partial charge in [0.2, 0.25) is 0 Å². The van der Waals surface area contributed by atoms with Crippen molar-refractivity contribution in [2.75, 3.05) is 13.7 Å². The number of rotatable bonds is 5. The van der Waals surface area contributed by atoms with Crippen molar-refractivity contribution in [3.63, 3.8) is 0 Å². The highest BCUT2D eigenvalue weighted by molar-refractivity contribution is 5.38. The van der Waals surface area contributed by atoms with E-state index in [2.05, 4.69) is 19.1 Å². The number of benzene rings is 2. The van der Waals surface area contributed by atoms with E-state index in [1.54, 1.807) is 7.11 Å². The number of hydrogen-bond acceptors (Lipinski definition) is 2. The van der Waals surface area contributed by atoms with Crippen molar-refractivity contribution in [2.45, 2.75) is 18.9 Å². The van der Waals surface area contributed by atoms with Crippen LogP contribution in [0.5, 0.6) is 0 Å². The van der Waals surface area contributed by atoms with Gasteiger partial charge in [0.15, 0.2) is 0 Å². The van der Waals surface area contributed by atoms with Crippen LogP contribution in [0.15, 0.2) is 54.6 Å². The molecule has 0 aliphatic rings. The molecule has 0 radical (unpaired) electrons. The normalized spacial score (nSPS) is 14.1. The number of methoxy groups -OCH3 is 1. The van der Waals surface area contributed by atoms with Gasteiger partial charge in [0.1, 0.15) is 5.60 Å². The van der Waals surface area contributed by atoms with Crippen LogP contribution < -0.4 is 0 Å². The predicted molar refractivity (Wildman–Crippen MR) is 77.1 cm³/mol. The van der Waals surface area contributed by atoms with Crippen molar-refractivity contribution in [3.05, 3.63) is 71.3 Å². The van der Waals surface area contributed by atoms with E-state index < -0.39 is 5.60 Å². The number of hydrogen-bond donors (Lipinski definition) is 1. The molecule has 100 valence electrons. The largest absolute Gasteiger partial charge is 0.393 e. The lowest BCUT2D eigenvalue weighted by Crippen LogP contribution is -2.34. The summed E-state index contributed by atoms with van der Waals surface area (Å²) in [7, 11) is 1.64. The van der Waals surface area contributed by atoms with Gasteiger partial charge in [0.25, 0.3) is 0 Å². The first kappa shape index (κ1) is 13.8. The van der Waals surface area contributed by atoms with Crippen molar-refractivity contribution in [3.8, 4) is 0 Å². The molecule has 0 spiro atoms. The molecule has 0 amide bonds. The minimum absolute atomic E-state index is 0.0843. The molecular formula is C17H20O2. The highest BCUT2D eigenvalue weighted by atomic mass is 16.5. The zero-order chi connectivity index (χ0) is 13.7. The summed E-state index contributed by atoms with van der Waals surface area (Å²) in [5, 5.41) is 9.88. The SMILES string of the molecule is CCc1ccc(C(CO)(OC)c2ccccc2)cc1. The zero-order valence-corrected chi connectivity index (χ0v) is 11.5. The Balaban J connectivity index is 2.49. The highest BCUT2D eigenvalue weighted by Crippen LogP contribution is 2.32. The quantitative estimate of drug-likeness (QED) is 0.890. The molecule has 0 fully saturated rings. The molecule has 2 aromatic rings. The molecule has 0 bridgehead atoms. The molecule has 1 unspecified atom stereocenters. The Morgan fingerprint density at radius 2 is 1.53 bits per heavy atom. The maximum atomic E-state index is 9.88. The molecule has 19 heavy (non-hydrogen) atoms. The molecular weight excluding hydrogens is 236 g/mol. The monoisotopic (exact) mass is 256 g/mol. The Morgan fingerprint density at radius 3 is 2.00 bits per heavy atom. The van der Waals surface area contributed by atoms with Gasteiger partial charge < -0.3 is 9.84 Å². The van der Waals surface area contributed by atoms with E-state index in [1.807, 2.05) is 42.5 Å². The van der Waals surface area contributed by atoms with Crippen molar-refractivity contribution >= 4 is 0 Å². The Bertz CT molecular complexity index is 499. The number of ether oxygens (including phenoxy) is 1. The first-order chi connectivity index (χ1) is 9.26. The molecule has 0 aromatic heterocycles. The first-order valence-electron chi connectivity index (χ1n) is 6.57. The summed E-state index contributed by atoms with van der Waals surface area (Å²) in [6.07, 6.45) is 1.00. The van der Waals surface area contributed by atoms with Crippen LogP contribution in [0.3, 0.4) is 0 Å². The molecule has 1 N–H and O–H groups in total. The van der Waals surface area contributed by atoms with Gasteiger partial charge in [-0.15, -0.1) is 0 Å². The summed E-state index contributed by atoms with van der Waals surface area (Å²) in [5.41, 5.74) is 2.43. The zero-order valence-electron chi connectivity index (χ0n) is 11.5. The lowest BCUT2D eigenvalue weighted by atomic mass is 9.86. The maximum Gasteiger partial charge on any atom is 0.141 e. The molecule has 0 aliphatic heterocycles. The summed E-state index contributed by atoms with van der Waals surface area (Å²) < 4.78 is 5.68. The summed E-state index contributed by atoms with van der Waals surface area (Å²) in [6.45, 7) is 2.04. The van der Waals surface area contributed by atoms with Crippen LogP contribution in [0.25, 0.3) is 0 Å². The third kappa shape index (κ3) is 2.55. The van der Waals surface area contributed by atoms with Crippen LogP contribution in [0.4, 0.5) is 0 Å². The molecule has 2 nitrogen and oxygen atoms in total. The average molecular weight is 256 g/mol. The van der Waals surface area contributed by atoms with Crippen molar-refractivity contribution in [1.29, 1.82) is 0 Å². The molecule has 2 aromatic carbocycles. The molecule has 0 saturated heterocycles. The van der Waals surface area contributed by atoms with Crippen LogP contribution in [0, 0.1) is 0 Å². The van der Waals surface area contributed by atoms with Gasteiger partial charge in [-0.3, -0.25) is 0 Å². The van der Waals surface area contributed by atoms with Gasteiger partial charge in [0.05, 0.1) is 6.61 Å². The van der Waals surface area contributed by atoms with Crippen LogP contribution in [-0.4, -0.2) is 18.8 Å². The van der Waals surface area contributed by atoms with Gasteiger partial charge in [-0.2, -0.15) is 0 Å². The van der Waals surface area contributed by atoms with E-state index in [1.165, 1.54) is 5.56 Å². The molecule has 2 rings (SSSR count). The smallest absolute Gasteiger partial charge is 0.141 e. The van der Waals surface area contributed by atoms with E-state index in [0.29, 0.717) is 0 Å². The molecule has 2 heteroatoms. The van der Waals surface area contributed by atoms with Gasteiger partial charge in [-0.05, 0) is 23.1 Å². The third-order valence-electron chi connectivity index (χ3n) is 3.64. The lowest BCUT2D eigenvalue weighted by molar-refractivity contribution is -0.0242. The van der Waals surface area contributed by atoms with Crippen LogP contribution in [0.1, 0.15) is 23.6 Å². The summed E-state index contributed by atoms with van der Waals surface area (Å²) in [5.74, 6) is 0. The van der Waals surface area contributed by atoms with Crippen molar-refractivity contribution < 1.29 is 9.84 Å². The number of aliphatic hydroxyl groups excluding tert-OH is 1. The maximum absolute atomic E-state index is 9.88. The minimum Gasteiger partial charge on any atom is -0.393 e. The van der Waals surface area contributed by atoms with E-state index in [9.17, 15) is 5.11 Å². The third-order valence-corrected chi connectivity index (χ3v) is 3.64. The second kappa shape index (κ2) is 6.00. The standard InChI is InChI=1S/C17H20O2/c1-3-14-9-11-16(12-10-14)17(13-18,19-2)15-7-5-4-6-8-15/h4-12,18H,3,13H2,1-2H3.